The van der Waals surface area contributed by atoms with Crippen LogP contribution in [0, 0.1) is 0 Å². The Morgan fingerprint density at radius 2 is 2.00 bits per heavy atom. The van der Waals surface area contributed by atoms with Gasteiger partial charge < -0.3 is 15.2 Å². The summed E-state index contributed by atoms with van der Waals surface area (Å²) in [5.41, 5.74) is 7.80. The first-order valence-electron chi connectivity index (χ1n) is 5.23. The van der Waals surface area contributed by atoms with E-state index in [4.69, 9.17) is 15.2 Å². The molecule has 17 heavy (non-hydrogen) atoms. The molecule has 0 aliphatic heterocycles. The van der Waals surface area contributed by atoms with Crippen molar-refractivity contribution >= 4 is 5.82 Å². The third-order valence-corrected chi connectivity index (χ3v) is 2.59. The molecule has 5 nitrogen and oxygen atoms in total. The molecule has 2 aromatic rings. The summed E-state index contributed by atoms with van der Waals surface area (Å²) in [7, 11) is 3.24. The molecule has 0 aliphatic rings. The molecule has 2 rings (SSSR count). The van der Waals surface area contributed by atoms with Gasteiger partial charge in [0.2, 0.25) is 0 Å². The SMILES string of the molecule is COc1ccc(Cc2cn[nH]c2N)cc1OC. The first-order valence-corrected chi connectivity index (χ1v) is 5.23. The van der Waals surface area contributed by atoms with Gasteiger partial charge in [0.1, 0.15) is 5.82 Å². The van der Waals surface area contributed by atoms with Gasteiger partial charge in [-0.25, -0.2) is 0 Å². The average Bonchev–Trinajstić information content (AvgIpc) is 2.75. The first-order chi connectivity index (χ1) is 8.24. The third-order valence-electron chi connectivity index (χ3n) is 2.59. The molecule has 0 bridgehead atoms. The van der Waals surface area contributed by atoms with Crippen molar-refractivity contribution in [3.63, 3.8) is 0 Å². The zero-order valence-electron chi connectivity index (χ0n) is 9.86. The zero-order valence-corrected chi connectivity index (χ0v) is 9.86. The molecule has 0 atom stereocenters. The number of nitrogens with zero attached hydrogens (tertiary/aromatic N) is 1. The van der Waals surface area contributed by atoms with Crippen LogP contribution in [-0.2, 0) is 6.42 Å². The molecule has 0 saturated carbocycles. The smallest absolute Gasteiger partial charge is 0.160 e. The minimum atomic E-state index is 0.597. The van der Waals surface area contributed by atoms with E-state index >= 15 is 0 Å². The van der Waals surface area contributed by atoms with Gasteiger partial charge in [-0.3, -0.25) is 5.10 Å². The van der Waals surface area contributed by atoms with Crippen molar-refractivity contribution in [1.82, 2.24) is 10.2 Å². The zero-order chi connectivity index (χ0) is 12.3. The van der Waals surface area contributed by atoms with Crippen molar-refractivity contribution in [1.29, 1.82) is 0 Å². The average molecular weight is 233 g/mol. The lowest BCUT2D eigenvalue weighted by atomic mass is 10.1. The number of nitrogens with one attached hydrogen (secondary N) is 1. The second-order valence-corrected chi connectivity index (χ2v) is 3.68. The molecule has 0 unspecified atom stereocenters. The third kappa shape index (κ3) is 2.33. The van der Waals surface area contributed by atoms with Gasteiger partial charge in [0.25, 0.3) is 0 Å². The second kappa shape index (κ2) is 4.78. The van der Waals surface area contributed by atoms with Crippen molar-refractivity contribution < 1.29 is 9.47 Å². The Labute approximate surface area is 99.5 Å². The van der Waals surface area contributed by atoms with Crippen LogP contribution in [0.3, 0.4) is 0 Å². The fraction of sp³-hybridized carbons (Fsp3) is 0.250. The van der Waals surface area contributed by atoms with Gasteiger partial charge in [-0.15, -0.1) is 0 Å². The van der Waals surface area contributed by atoms with Crippen molar-refractivity contribution in [2.45, 2.75) is 6.42 Å². The van der Waals surface area contributed by atoms with Crippen LogP contribution in [0.4, 0.5) is 5.82 Å². The number of H-pyrrole nitrogens is 1. The molecule has 3 N–H and O–H groups in total. The topological polar surface area (TPSA) is 73.2 Å². The molecule has 0 amide bonds. The number of ether oxygens (including phenoxy) is 2. The maximum absolute atomic E-state index is 5.74. The van der Waals surface area contributed by atoms with Gasteiger partial charge in [-0.1, -0.05) is 6.07 Å². The summed E-state index contributed by atoms with van der Waals surface area (Å²) in [6.45, 7) is 0. The molecule has 0 fully saturated rings. The van der Waals surface area contributed by atoms with E-state index in [1.807, 2.05) is 18.2 Å². The molecule has 1 aromatic heterocycles. The van der Waals surface area contributed by atoms with Crippen LogP contribution in [0.5, 0.6) is 11.5 Å². The number of nitrogens with two attached hydrogens (primary N) is 1. The van der Waals surface area contributed by atoms with E-state index in [0.717, 1.165) is 16.9 Å². The highest BCUT2D eigenvalue weighted by molar-refractivity contribution is 5.46. The summed E-state index contributed by atoms with van der Waals surface area (Å²) < 4.78 is 10.4. The molecular formula is C12H15N3O2. The summed E-state index contributed by atoms with van der Waals surface area (Å²) in [5, 5.41) is 6.60. The van der Waals surface area contributed by atoms with Crippen LogP contribution >= 0.6 is 0 Å². The van der Waals surface area contributed by atoms with Gasteiger partial charge in [0.05, 0.1) is 20.4 Å². The predicted molar refractivity (Wildman–Crippen MR) is 65.4 cm³/mol. The van der Waals surface area contributed by atoms with Crippen molar-refractivity contribution in [2.75, 3.05) is 20.0 Å². The molecule has 0 saturated heterocycles. The van der Waals surface area contributed by atoms with Crippen LogP contribution in [0.25, 0.3) is 0 Å². The molecular weight excluding hydrogens is 218 g/mol. The van der Waals surface area contributed by atoms with Gasteiger partial charge in [-0.05, 0) is 17.7 Å². The van der Waals surface area contributed by atoms with Gasteiger partial charge in [-0.2, -0.15) is 5.10 Å². The number of hydrogen-bond acceptors (Lipinski definition) is 4. The fourth-order valence-corrected chi connectivity index (χ4v) is 1.67. The lowest BCUT2D eigenvalue weighted by Crippen LogP contribution is -1.95. The van der Waals surface area contributed by atoms with E-state index < -0.39 is 0 Å². The molecule has 0 radical (unpaired) electrons. The quantitative estimate of drug-likeness (QED) is 0.841. The van der Waals surface area contributed by atoms with Gasteiger partial charge in [0.15, 0.2) is 11.5 Å². The first kappa shape index (κ1) is 11.3. The standard InChI is InChI=1S/C12H15N3O2/c1-16-10-4-3-8(6-11(10)17-2)5-9-7-14-15-12(9)13/h3-4,6-7H,5H2,1-2H3,(H3,13,14,15). The number of rotatable bonds is 4. The second-order valence-electron chi connectivity index (χ2n) is 3.68. The van der Waals surface area contributed by atoms with E-state index in [1.54, 1.807) is 20.4 Å². The summed E-state index contributed by atoms with van der Waals surface area (Å²) in [4.78, 5) is 0. The highest BCUT2D eigenvalue weighted by Crippen LogP contribution is 2.28. The number of methoxy groups -OCH3 is 2. The van der Waals surface area contributed by atoms with Crippen molar-refractivity contribution in [3.8, 4) is 11.5 Å². The van der Waals surface area contributed by atoms with Crippen LogP contribution in [0.2, 0.25) is 0 Å². The number of nitrogen functional groups attached to an aromatic ring is 1. The highest BCUT2D eigenvalue weighted by atomic mass is 16.5. The monoisotopic (exact) mass is 233 g/mol. The number of aromatic nitrogens is 2. The lowest BCUT2D eigenvalue weighted by molar-refractivity contribution is 0.354. The van der Waals surface area contributed by atoms with Crippen molar-refractivity contribution in [2.24, 2.45) is 0 Å². The molecule has 0 aliphatic carbocycles. The fourth-order valence-electron chi connectivity index (χ4n) is 1.67. The van der Waals surface area contributed by atoms with E-state index in [1.165, 1.54) is 0 Å². The molecule has 1 heterocycles. The Bertz CT molecular complexity index is 508. The Kier molecular flexibility index (Phi) is 3.18. The number of hydrogen-bond donors (Lipinski definition) is 2. The molecule has 90 valence electrons. The normalized spacial score (nSPS) is 10.2. The largest absolute Gasteiger partial charge is 0.493 e. The minimum Gasteiger partial charge on any atom is -0.493 e. The number of aromatic amines is 1. The lowest BCUT2D eigenvalue weighted by Gasteiger charge is -2.09. The van der Waals surface area contributed by atoms with Crippen LogP contribution in [0.1, 0.15) is 11.1 Å². The van der Waals surface area contributed by atoms with E-state index in [2.05, 4.69) is 10.2 Å². The minimum absolute atomic E-state index is 0.597. The maximum Gasteiger partial charge on any atom is 0.160 e. The van der Waals surface area contributed by atoms with Gasteiger partial charge >= 0.3 is 0 Å². The van der Waals surface area contributed by atoms with E-state index in [-0.39, 0.29) is 0 Å². The summed E-state index contributed by atoms with van der Waals surface area (Å²) in [6, 6.07) is 5.80. The Morgan fingerprint density at radius 1 is 1.24 bits per heavy atom. The summed E-state index contributed by atoms with van der Waals surface area (Å²) in [6.07, 6.45) is 2.44. The molecule has 5 heteroatoms. The van der Waals surface area contributed by atoms with Crippen LogP contribution < -0.4 is 15.2 Å². The summed E-state index contributed by atoms with van der Waals surface area (Å²) >= 11 is 0. The Morgan fingerprint density at radius 3 is 2.59 bits per heavy atom. The highest BCUT2D eigenvalue weighted by Gasteiger charge is 2.07. The van der Waals surface area contributed by atoms with E-state index in [0.29, 0.717) is 18.0 Å². The van der Waals surface area contributed by atoms with Crippen LogP contribution in [-0.4, -0.2) is 24.4 Å². The van der Waals surface area contributed by atoms with Crippen molar-refractivity contribution in [3.05, 3.63) is 35.5 Å². The number of benzene rings is 1. The molecule has 0 spiro atoms. The summed E-state index contributed by atoms with van der Waals surface area (Å²) in [5.74, 6) is 2.03. The van der Waals surface area contributed by atoms with E-state index in [9.17, 15) is 0 Å². The maximum atomic E-state index is 5.74. The Hall–Kier alpha value is -2.17. The van der Waals surface area contributed by atoms with Crippen LogP contribution in [0.15, 0.2) is 24.4 Å². The number of anilines is 1. The molecule has 1 aromatic carbocycles. The van der Waals surface area contributed by atoms with Gasteiger partial charge in [0, 0.05) is 12.0 Å². The Balaban J connectivity index is 2.25. The predicted octanol–water partition coefficient (Wildman–Crippen LogP) is 1.60.